The van der Waals surface area contributed by atoms with Gasteiger partial charge in [0, 0.05) is 18.2 Å². The summed E-state index contributed by atoms with van der Waals surface area (Å²) in [7, 11) is 0. The number of fused-ring (bicyclic) bond motifs is 1. The van der Waals surface area contributed by atoms with Crippen molar-refractivity contribution in [2.75, 3.05) is 5.32 Å². The van der Waals surface area contributed by atoms with Crippen LogP contribution in [0.5, 0.6) is 0 Å². The molecule has 5 nitrogen and oxygen atoms in total. The Labute approximate surface area is 155 Å². The van der Waals surface area contributed by atoms with E-state index in [0.29, 0.717) is 24.1 Å². The van der Waals surface area contributed by atoms with Crippen molar-refractivity contribution in [1.29, 1.82) is 0 Å². The summed E-state index contributed by atoms with van der Waals surface area (Å²) >= 11 is 0. The van der Waals surface area contributed by atoms with Gasteiger partial charge >= 0.3 is 0 Å². The summed E-state index contributed by atoms with van der Waals surface area (Å²) in [5.74, 6) is -0.855. The Balaban J connectivity index is 1.58. The molecule has 4 rings (SSSR count). The van der Waals surface area contributed by atoms with Crippen LogP contribution in [0.2, 0.25) is 0 Å². The maximum absolute atomic E-state index is 13.3. The first-order valence-corrected chi connectivity index (χ1v) is 8.61. The normalized spacial score (nSPS) is 15.9. The van der Waals surface area contributed by atoms with Crippen molar-refractivity contribution in [2.24, 2.45) is 0 Å². The van der Waals surface area contributed by atoms with Crippen LogP contribution in [0, 0.1) is 5.82 Å². The standard InChI is InChI=1S/C21H16FN3O2/c22-16-8-4-7-14(9-16)20(27)25-21-23-12-17-18(24-21)10-15(11-19(17)26)13-5-2-1-3-6-13/h1-9,12,15H,10-11H2,(H,23,24,25,27). The largest absolute Gasteiger partial charge is 0.294 e. The third-order valence-electron chi connectivity index (χ3n) is 4.62. The van der Waals surface area contributed by atoms with Crippen molar-refractivity contribution in [1.82, 2.24) is 9.97 Å². The molecule has 0 saturated carbocycles. The number of halogens is 1. The van der Waals surface area contributed by atoms with Crippen LogP contribution < -0.4 is 5.32 Å². The molecule has 3 aromatic rings. The van der Waals surface area contributed by atoms with E-state index in [-0.39, 0.29) is 23.2 Å². The number of rotatable bonds is 3. The Morgan fingerprint density at radius 2 is 1.89 bits per heavy atom. The Kier molecular flexibility index (Phi) is 4.46. The van der Waals surface area contributed by atoms with Crippen LogP contribution in [-0.2, 0) is 6.42 Å². The molecule has 0 saturated heterocycles. The van der Waals surface area contributed by atoms with Crippen molar-refractivity contribution < 1.29 is 14.0 Å². The van der Waals surface area contributed by atoms with Crippen LogP contribution in [-0.4, -0.2) is 21.7 Å². The van der Waals surface area contributed by atoms with E-state index in [0.717, 1.165) is 11.6 Å². The lowest BCUT2D eigenvalue weighted by Crippen LogP contribution is -2.22. The van der Waals surface area contributed by atoms with E-state index in [1.54, 1.807) is 0 Å². The molecule has 0 fully saturated rings. The SMILES string of the molecule is O=C(Nc1ncc2c(n1)CC(c1ccccc1)CC2=O)c1cccc(F)c1. The molecule has 0 bridgehead atoms. The summed E-state index contributed by atoms with van der Waals surface area (Å²) < 4.78 is 13.3. The number of nitrogens with one attached hydrogen (secondary N) is 1. The van der Waals surface area contributed by atoms with Gasteiger partial charge in [0.25, 0.3) is 5.91 Å². The molecule has 0 spiro atoms. The summed E-state index contributed by atoms with van der Waals surface area (Å²) in [4.78, 5) is 33.2. The zero-order chi connectivity index (χ0) is 18.8. The zero-order valence-corrected chi connectivity index (χ0v) is 14.4. The van der Waals surface area contributed by atoms with Crippen LogP contribution in [0.25, 0.3) is 0 Å². The number of nitrogens with zero attached hydrogens (tertiary/aromatic N) is 2. The van der Waals surface area contributed by atoms with Crippen molar-refractivity contribution in [3.63, 3.8) is 0 Å². The first-order valence-electron chi connectivity index (χ1n) is 8.61. The number of amides is 1. The van der Waals surface area contributed by atoms with Crippen molar-refractivity contribution in [3.8, 4) is 0 Å². The van der Waals surface area contributed by atoms with E-state index in [9.17, 15) is 14.0 Å². The number of aromatic nitrogens is 2. The molecule has 1 aliphatic rings. The molecule has 1 N–H and O–H groups in total. The first-order chi connectivity index (χ1) is 13.1. The maximum Gasteiger partial charge on any atom is 0.258 e. The predicted molar refractivity (Wildman–Crippen MR) is 98.2 cm³/mol. The van der Waals surface area contributed by atoms with Gasteiger partial charge in [-0.15, -0.1) is 0 Å². The Morgan fingerprint density at radius 1 is 1.07 bits per heavy atom. The number of carbonyl (C=O) groups is 2. The van der Waals surface area contributed by atoms with E-state index in [2.05, 4.69) is 15.3 Å². The number of hydrogen-bond donors (Lipinski definition) is 1. The molecule has 2 aromatic carbocycles. The quantitative estimate of drug-likeness (QED) is 0.771. The predicted octanol–water partition coefficient (Wildman–Crippen LogP) is 3.78. The molecule has 1 heterocycles. The van der Waals surface area contributed by atoms with Crippen LogP contribution in [0.1, 0.15) is 44.3 Å². The van der Waals surface area contributed by atoms with Gasteiger partial charge in [-0.05, 0) is 36.1 Å². The molecule has 0 radical (unpaired) electrons. The summed E-state index contributed by atoms with van der Waals surface area (Å²) in [6, 6.07) is 15.2. The third kappa shape index (κ3) is 3.60. The van der Waals surface area contributed by atoms with E-state index in [1.807, 2.05) is 30.3 Å². The smallest absolute Gasteiger partial charge is 0.258 e. The average molecular weight is 361 g/mol. The Bertz CT molecular complexity index is 1020. The molecule has 1 amide bonds. The second kappa shape index (κ2) is 7.07. The van der Waals surface area contributed by atoms with Gasteiger partial charge in [-0.2, -0.15) is 0 Å². The van der Waals surface area contributed by atoms with Gasteiger partial charge in [0.1, 0.15) is 5.82 Å². The van der Waals surface area contributed by atoms with E-state index < -0.39 is 11.7 Å². The molecule has 0 aliphatic heterocycles. The summed E-state index contributed by atoms with van der Waals surface area (Å²) in [5.41, 5.74) is 2.37. The summed E-state index contributed by atoms with van der Waals surface area (Å²) in [5, 5.41) is 2.57. The highest BCUT2D eigenvalue weighted by molar-refractivity contribution is 6.03. The van der Waals surface area contributed by atoms with Crippen molar-refractivity contribution in [3.05, 3.63) is 89.0 Å². The van der Waals surface area contributed by atoms with Crippen molar-refractivity contribution >= 4 is 17.6 Å². The fourth-order valence-electron chi connectivity index (χ4n) is 3.27. The van der Waals surface area contributed by atoms with Crippen LogP contribution in [0.15, 0.2) is 60.8 Å². The highest BCUT2D eigenvalue weighted by atomic mass is 19.1. The minimum Gasteiger partial charge on any atom is -0.294 e. The first kappa shape index (κ1) is 17.0. The Hall–Kier alpha value is -3.41. The lowest BCUT2D eigenvalue weighted by atomic mass is 9.82. The maximum atomic E-state index is 13.3. The van der Waals surface area contributed by atoms with Gasteiger partial charge in [0.05, 0.1) is 11.3 Å². The second-order valence-corrected chi connectivity index (χ2v) is 6.46. The lowest BCUT2D eigenvalue weighted by Gasteiger charge is -2.23. The topological polar surface area (TPSA) is 72.0 Å². The number of anilines is 1. The highest BCUT2D eigenvalue weighted by Crippen LogP contribution is 2.31. The number of hydrogen-bond acceptors (Lipinski definition) is 4. The Morgan fingerprint density at radius 3 is 2.67 bits per heavy atom. The molecule has 134 valence electrons. The molecule has 27 heavy (non-hydrogen) atoms. The molecular formula is C21H16FN3O2. The van der Waals surface area contributed by atoms with Crippen LogP contribution >= 0.6 is 0 Å². The molecule has 1 aromatic heterocycles. The van der Waals surface area contributed by atoms with E-state index >= 15 is 0 Å². The minimum atomic E-state index is -0.504. The van der Waals surface area contributed by atoms with Gasteiger partial charge in [0.15, 0.2) is 5.78 Å². The minimum absolute atomic E-state index is 0.00638. The number of benzene rings is 2. The lowest BCUT2D eigenvalue weighted by molar-refractivity contribution is 0.0962. The summed E-state index contributed by atoms with van der Waals surface area (Å²) in [6.45, 7) is 0. The van der Waals surface area contributed by atoms with Gasteiger partial charge in [-0.3, -0.25) is 14.9 Å². The monoisotopic (exact) mass is 361 g/mol. The van der Waals surface area contributed by atoms with Gasteiger partial charge in [0.2, 0.25) is 5.95 Å². The van der Waals surface area contributed by atoms with E-state index in [4.69, 9.17) is 0 Å². The fraction of sp³-hybridized carbons (Fsp3) is 0.143. The van der Waals surface area contributed by atoms with Crippen LogP contribution in [0.3, 0.4) is 0 Å². The molecule has 1 aliphatic carbocycles. The molecular weight excluding hydrogens is 345 g/mol. The molecule has 1 atom stereocenters. The average Bonchev–Trinajstić information content (AvgIpc) is 2.68. The van der Waals surface area contributed by atoms with Gasteiger partial charge in [-0.1, -0.05) is 36.4 Å². The molecule has 6 heteroatoms. The number of ketones is 1. The van der Waals surface area contributed by atoms with E-state index in [1.165, 1.54) is 24.4 Å². The van der Waals surface area contributed by atoms with Crippen LogP contribution in [0.4, 0.5) is 10.3 Å². The number of Topliss-reactive ketones (excluding diaryl/α,β-unsaturated/α-hetero) is 1. The number of carbonyl (C=O) groups excluding carboxylic acids is 2. The van der Waals surface area contributed by atoms with Gasteiger partial charge < -0.3 is 0 Å². The second-order valence-electron chi connectivity index (χ2n) is 6.46. The van der Waals surface area contributed by atoms with Crippen molar-refractivity contribution in [2.45, 2.75) is 18.8 Å². The zero-order valence-electron chi connectivity index (χ0n) is 14.4. The fourth-order valence-corrected chi connectivity index (χ4v) is 3.27. The third-order valence-corrected chi connectivity index (χ3v) is 4.62. The summed E-state index contributed by atoms with van der Waals surface area (Å²) in [6.07, 6.45) is 2.46. The highest BCUT2D eigenvalue weighted by Gasteiger charge is 2.28. The molecule has 1 unspecified atom stereocenters. The van der Waals surface area contributed by atoms with Gasteiger partial charge in [-0.25, -0.2) is 14.4 Å².